The number of sulfonamides is 1. The topological polar surface area (TPSA) is 82.3 Å². The number of hydrogen-bond acceptors (Lipinski definition) is 3. The summed E-state index contributed by atoms with van der Waals surface area (Å²) in [5, 5.41) is 1.54. The second-order valence-corrected chi connectivity index (χ2v) is 9.87. The van der Waals surface area contributed by atoms with Gasteiger partial charge in [-0.25, -0.2) is 8.42 Å². The number of halogens is 1. The maximum Gasteiger partial charge on any atom is 0.261 e. The van der Waals surface area contributed by atoms with Crippen LogP contribution in [0.15, 0.2) is 77.7 Å². The third kappa shape index (κ3) is 3.85. The lowest BCUT2D eigenvalue weighted by molar-refractivity contribution is 0.0735. The van der Waals surface area contributed by atoms with Gasteiger partial charge in [0, 0.05) is 52.3 Å². The first kappa shape index (κ1) is 20.6. The van der Waals surface area contributed by atoms with Crippen molar-refractivity contribution in [3.05, 3.63) is 94.6 Å². The molecule has 0 atom stereocenters. The van der Waals surface area contributed by atoms with Crippen LogP contribution >= 0.6 is 11.6 Å². The van der Waals surface area contributed by atoms with Crippen LogP contribution in [0.25, 0.3) is 10.9 Å². The molecule has 2 N–H and O–H groups in total. The molecule has 0 saturated carbocycles. The summed E-state index contributed by atoms with van der Waals surface area (Å²) >= 11 is 5.95. The third-order valence-electron chi connectivity index (χ3n) is 5.64. The molecule has 1 amide bonds. The molecule has 0 saturated heterocycles. The van der Waals surface area contributed by atoms with Gasteiger partial charge >= 0.3 is 0 Å². The van der Waals surface area contributed by atoms with Crippen molar-refractivity contribution in [3.63, 3.8) is 0 Å². The number of nitrogens with zero attached hydrogens (tertiary/aromatic N) is 1. The normalized spacial score (nSPS) is 13.7. The molecule has 2 heterocycles. The quantitative estimate of drug-likeness (QED) is 0.453. The van der Waals surface area contributed by atoms with Crippen molar-refractivity contribution in [3.8, 4) is 0 Å². The van der Waals surface area contributed by atoms with Gasteiger partial charge in [-0.1, -0.05) is 41.9 Å². The summed E-state index contributed by atoms with van der Waals surface area (Å²) in [5.74, 6) is -0.194. The highest BCUT2D eigenvalue weighted by Gasteiger charge is 2.25. The number of fused-ring (bicyclic) bond motifs is 3. The Labute approximate surface area is 190 Å². The molecule has 0 fully saturated rings. The van der Waals surface area contributed by atoms with Gasteiger partial charge in [0.05, 0.1) is 10.6 Å². The number of carbonyl (C=O) groups excluding carboxylic acids is 1. The summed E-state index contributed by atoms with van der Waals surface area (Å²) < 4.78 is 28.2. The van der Waals surface area contributed by atoms with Crippen molar-refractivity contribution in [2.75, 3.05) is 11.3 Å². The monoisotopic (exact) mass is 465 g/mol. The number of benzene rings is 3. The van der Waals surface area contributed by atoms with Crippen molar-refractivity contribution in [1.29, 1.82) is 0 Å². The zero-order valence-electron chi connectivity index (χ0n) is 17.0. The predicted molar refractivity (Wildman–Crippen MR) is 125 cm³/mol. The molecule has 1 aliphatic heterocycles. The number of H-pyrrole nitrogens is 1. The van der Waals surface area contributed by atoms with Gasteiger partial charge in [0.15, 0.2) is 0 Å². The highest BCUT2D eigenvalue weighted by Crippen LogP contribution is 2.28. The number of amides is 1. The van der Waals surface area contributed by atoms with E-state index >= 15 is 0 Å². The summed E-state index contributed by atoms with van der Waals surface area (Å²) in [6, 6.07) is 20.6. The Bertz CT molecular complexity index is 1450. The van der Waals surface area contributed by atoms with Gasteiger partial charge in [-0.15, -0.1) is 0 Å². The van der Waals surface area contributed by atoms with E-state index in [9.17, 15) is 13.2 Å². The van der Waals surface area contributed by atoms with E-state index in [1.807, 2.05) is 24.3 Å². The molecule has 0 spiro atoms. The Kier molecular flexibility index (Phi) is 5.15. The van der Waals surface area contributed by atoms with Crippen LogP contribution in [0.5, 0.6) is 0 Å². The van der Waals surface area contributed by atoms with Gasteiger partial charge in [0.2, 0.25) is 0 Å². The summed E-state index contributed by atoms with van der Waals surface area (Å²) in [6.45, 7) is 1.05. The second kappa shape index (κ2) is 8.00. The van der Waals surface area contributed by atoms with E-state index in [0.29, 0.717) is 29.4 Å². The highest BCUT2D eigenvalue weighted by atomic mass is 35.5. The first-order chi connectivity index (χ1) is 15.4. The Morgan fingerprint density at radius 3 is 2.66 bits per heavy atom. The second-order valence-electron chi connectivity index (χ2n) is 7.75. The first-order valence-corrected chi connectivity index (χ1v) is 12.0. The molecular formula is C24H20ClN3O3S. The van der Waals surface area contributed by atoms with Crippen LogP contribution in [0.2, 0.25) is 5.02 Å². The first-order valence-electron chi connectivity index (χ1n) is 10.2. The number of anilines is 1. The van der Waals surface area contributed by atoms with E-state index in [0.717, 1.165) is 28.6 Å². The van der Waals surface area contributed by atoms with E-state index in [4.69, 9.17) is 11.6 Å². The molecule has 0 radical (unpaired) electrons. The Morgan fingerprint density at radius 1 is 1.00 bits per heavy atom. The lowest BCUT2D eigenvalue weighted by Gasteiger charge is -2.27. The SMILES string of the molecule is O=C(c1cccc(S(=O)(=O)Nc2cccc(Cl)c2)c1)N1CCc2[nH]c3ccccc3c2C1. The van der Waals surface area contributed by atoms with Crippen LogP contribution in [0.4, 0.5) is 5.69 Å². The molecule has 3 aromatic carbocycles. The van der Waals surface area contributed by atoms with Gasteiger partial charge in [0.1, 0.15) is 0 Å². The van der Waals surface area contributed by atoms with Crippen molar-refractivity contribution in [2.45, 2.75) is 17.9 Å². The minimum absolute atomic E-state index is 0.0214. The van der Waals surface area contributed by atoms with Gasteiger partial charge in [0.25, 0.3) is 15.9 Å². The number of aromatic amines is 1. The van der Waals surface area contributed by atoms with Crippen LogP contribution in [-0.2, 0) is 23.0 Å². The van der Waals surface area contributed by atoms with Crippen molar-refractivity contribution < 1.29 is 13.2 Å². The summed E-state index contributed by atoms with van der Waals surface area (Å²) in [7, 11) is -3.87. The molecule has 4 aromatic rings. The van der Waals surface area contributed by atoms with E-state index in [2.05, 4.69) is 9.71 Å². The van der Waals surface area contributed by atoms with Crippen molar-refractivity contribution in [1.82, 2.24) is 9.88 Å². The Balaban J connectivity index is 1.40. The molecule has 1 aliphatic rings. The van der Waals surface area contributed by atoms with E-state index in [1.54, 1.807) is 35.2 Å². The fourth-order valence-corrected chi connectivity index (χ4v) is 5.37. The van der Waals surface area contributed by atoms with Crippen molar-refractivity contribution >= 4 is 44.1 Å². The van der Waals surface area contributed by atoms with E-state index in [-0.39, 0.29) is 10.8 Å². The van der Waals surface area contributed by atoms with Gasteiger partial charge in [-0.05, 0) is 42.5 Å². The van der Waals surface area contributed by atoms with Crippen molar-refractivity contribution in [2.24, 2.45) is 0 Å². The standard InChI is InChI=1S/C24H20ClN3O3S/c25-17-6-4-7-18(14-17)27-32(30,31)19-8-3-5-16(13-19)24(29)28-12-11-23-21(15-28)20-9-1-2-10-22(20)26-23/h1-10,13-14,26-27H,11-12,15H2. The largest absolute Gasteiger partial charge is 0.358 e. The lowest BCUT2D eigenvalue weighted by atomic mass is 10.0. The average Bonchev–Trinajstić information content (AvgIpc) is 3.16. The van der Waals surface area contributed by atoms with Crippen LogP contribution in [0.1, 0.15) is 21.6 Å². The fourth-order valence-electron chi connectivity index (χ4n) is 4.08. The van der Waals surface area contributed by atoms with Gasteiger partial charge in [-0.2, -0.15) is 0 Å². The molecule has 162 valence electrons. The smallest absolute Gasteiger partial charge is 0.261 e. The molecule has 8 heteroatoms. The highest BCUT2D eigenvalue weighted by molar-refractivity contribution is 7.92. The molecule has 6 nitrogen and oxygen atoms in total. The molecule has 32 heavy (non-hydrogen) atoms. The summed E-state index contributed by atoms with van der Waals surface area (Å²) in [4.78, 5) is 18.5. The molecule has 5 rings (SSSR count). The Hall–Kier alpha value is -3.29. The number of para-hydroxylation sites is 1. The molecule has 1 aromatic heterocycles. The fraction of sp³-hybridized carbons (Fsp3) is 0.125. The zero-order valence-corrected chi connectivity index (χ0v) is 18.6. The summed E-state index contributed by atoms with van der Waals surface area (Å²) in [6.07, 6.45) is 0.726. The van der Waals surface area contributed by atoms with Crippen LogP contribution < -0.4 is 4.72 Å². The minimum Gasteiger partial charge on any atom is -0.358 e. The maximum atomic E-state index is 13.2. The van der Waals surface area contributed by atoms with Gasteiger partial charge < -0.3 is 9.88 Å². The molecule has 0 aliphatic carbocycles. The Morgan fingerprint density at radius 2 is 1.81 bits per heavy atom. The van der Waals surface area contributed by atoms with Crippen LogP contribution in [0.3, 0.4) is 0 Å². The number of rotatable bonds is 4. The number of aromatic nitrogens is 1. The summed E-state index contributed by atoms with van der Waals surface area (Å²) in [5.41, 5.74) is 4.02. The minimum atomic E-state index is -3.87. The van der Waals surface area contributed by atoms with E-state index < -0.39 is 10.0 Å². The third-order valence-corrected chi connectivity index (χ3v) is 7.25. The molecular weight excluding hydrogens is 446 g/mol. The average molecular weight is 466 g/mol. The predicted octanol–water partition coefficient (Wildman–Crippen LogP) is 4.82. The number of carbonyl (C=O) groups is 1. The van der Waals surface area contributed by atoms with Gasteiger partial charge in [-0.3, -0.25) is 9.52 Å². The number of hydrogen-bond donors (Lipinski definition) is 2. The number of nitrogens with one attached hydrogen (secondary N) is 2. The van der Waals surface area contributed by atoms with Crippen LogP contribution in [-0.4, -0.2) is 30.8 Å². The maximum absolute atomic E-state index is 13.2. The molecule has 0 unspecified atom stereocenters. The van der Waals surface area contributed by atoms with E-state index in [1.165, 1.54) is 18.2 Å². The zero-order chi connectivity index (χ0) is 22.3. The van der Waals surface area contributed by atoms with Crippen LogP contribution in [0, 0.1) is 0 Å². The molecule has 0 bridgehead atoms. The lowest BCUT2D eigenvalue weighted by Crippen LogP contribution is -2.35.